The Kier molecular flexibility index (Phi) is 6.90. The van der Waals surface area contributed by atoms with Gasteiger partial charge in [-0.05, 0) is 19.3 Å². The molecule has 0 aromatic heterocycles. The number of rotatable bonds is 11. The first-order chi connectivity index (χ1) is 12.6. The highest BCUT2D eigenvalue weighted by molar-refractivity contribution is 5.66. The molecule has 0 radical (unpaired) electrons. The zero-order chi connectivity index (χ0) is 18.5. The standard InChI is InChI=1S/C21H32O5/c1-2-3-5-8-14(22)11-12-15-17-13-18-21(26-17)20(15)16(25-18)9-6-4-7-10-19(23)24/h6,9,11-12,14-18,20-22H,2-5,7-8,10,13H2,1H3,(H,23,24)/t14-,15+,16+,17+,18+,20+,21-/m0/s1. The highest BCUT2D eigenvalue weighted by atomic mass is 16.6. The van der Waals surface area contributed by atoms with E-state index in [2.05, 4.69) is 19.1 Å². The van der Waals surface area contributed by atoms with Crippen LogP contribution in [0.5, 0.6) is 0 Å². The lowest BCUT2D eigenvalue weighted by molar-refractivity contribution is -0.137. The molecule has 26 heavy (non-hydrogen) atoms. The van der Waals surface area contributed by atoms with Gasteiger partial charge in [0.2, 0.25) is 0 Å². The highest BCUT2D eigenvalue weighted by Gasteiger charge is 2.61. The van der Waals surface area contributed by atoms with Gasteiger partial charge in [0.15, 0.2) is 0 Å². The topological polar surface area (TPSA) is 76.0 Å². The smallest absolute Gasteiger partial charge is 0.303 e. The first-order valence-electron chi connectivity index (χ1n) is 10.2. The number of ether oxygens (including phenoxy) is 2. The maximum atomic E-state index is 10.6. The third-order valence-electron chi connectivity index (χ3n) is 5.87. The van der Waals surface area contributed by atoms with Crippen LogP contribution in [0.1, 0.15) is 58.3 Å². The van der Waals surface area contributed by atoms with Gasteiger partial charge >= 0.3 is 5.97 Å². The van der Waals surface area contributed by atoms with Crippen molar-refractivity contribution in [3.05, 3.63) is 24.3 Å². The second kappa shape index (κ2) is 9.16. The minimum atomic E-state index is -0.747. The minimum Gasteiger partial charge on any atom is -0.481 e. The van der Waals surface area contributed by atoms with Gasteiger partial charge in [-0.15, -0.1) is 0 Å². The molecule has 0 saturated carbocycles. The van der Waals surface area contributed by atoms with Gasteiger partial charge in [-0.3, -0.25) is 4.79 Å². The fourth-order valence-corrected chi connectivity index (χ4v) is 4.58. The third kappa shape index (κ3) is 4.56. The molecule has 2 N–H and O–H groups in total. The van der Waals surface area contributed by atoms with Crippen LogP contribution >= 0.6 is 0 Å². The van der Waals surface area contributed by atoms with Crippen LogP contribution in [0.4, 0.5) is 0 Å². The molecule has 3 heterocycles. The number of carboxylic acid groups (broad SMARTS) is 1. The lowest BCUT2D eigenvalue weighted by Crippen LogP contribution is -2.31. The van der Waals surface area contributed by atoms with E-state index in [1.807, 2.05) is 12.2 Å². The van der Waals surface area contributed by atoms with Crippen LogP contribution < -0.4 is 0 Å². The number of aliphatic carboxylic acids is 1. The molecular formula is C21H32O5. The minimum absolute atomic E-state index is 0.0363. The molecule has 5 heteroatoms. The van der Waals surface area contributed by atoms with Crippen molar-refractivity contribution in [2.45, 2.75) is 88.8 Å². The first-order valence-corrected chi connectivity index (χ1v) is 10.2. The Balaban J connectivity index is 1.53. The van der Waals surface area contributed by atoms with Crippen molar-refractivity contribution < 1.29 is 24.5 Å². The number of allylic oxidation sites excluding steroid dienone is 1. The summed E-state index contributed by atoms with van der Waals surface area (Å²) in [5, 5.41) is 18.9. The number of fused-ring (bicyclic) bond motifs is 1. The molecule has 3 fully saturated rings. The van der Waals surface area contributed by atoms with E-state index in [1.165, 1.54) is 0 Å². The van der Waals surface area contributed by atoms with Crippen LogP contribution in [0, 0.1) is 11.8 Å². The molecule has 0 spiro atoms. The summed E-state index contributed by atoms with van der Waals surface area (Å²) in [5.41, 5.74) is 0. The lowest BCUT2D eigenvalue weighted by atomic mass is 9.77. The lowest BCUT2D eigenvalue weighted by Gasteiger charge is -2.22. The van der Waals surface area contributed by atoms with Gasteiger partial charge in [-0.2, -0.15) is 0 Å². The molecule has 0 amide bonds. The van der Waals surface area contributed by atoms with Gasteiger partial charge in [0, 0.05) is 24.7 Å². The summed E-state index contributed by atoms with van der Waals surface area (Å²) >= 11 is 0. The van der Waals surface area contributed by atoms with Crippen LogP contribution in [-0.2, 0) is 14.3 Å². The fraction of sp³-hybridized carbons (Fsp3) is 0.762. The van der Waals surface area contributed by atoms with E-state index >= 15 is 0 Å². The Morgan fingerprint density at radius 3 is 2.81 bits per heavy atom. The van der Waals surface area contributed by atoms with Gasteiger partial charge < -0.3 is 19.7 Å². The van der Waals surface area contributed by atoms with Crippen LogP contribution in [0.3, 0.4) is 0 Å². The van der Waals surface area contributed by atoms with Crippen molar-refractivity contribution in [3.63, 3.8) is 0 Å². The fourth-order valence-electron chi connectivity index (χ4n) is 4.58. The summed E-state index contributed by atoms with van der Waals surface area (Å²) in [4.78, 5) is 10.6. The molecule has 2 bridgehead atoms. The van der Waals surface area contributed by atoms with Gasteiger partial charge in [0.05, 0.1) is 30.5 Å². The number of hydrogen-bond acceptors (Lipinski definition) is 4. The quantitative estimate of drug-likeness (QED) is 0.434. The SMILES string of the molecule is CCCCC[C@H](O)C=C[C@H]1[C@H]2[C@H]3O[C@@H]1C[C@H]3O[C@@H]2C=CCCCC(=O)O. The predicted molar refractivity (Wildman–Crippen MR) is 98.8 cm³/mol. The van der Waals surface area contributed by atoms with Crippen LogP contribution in [-0.4, -0.2) is 46.7 Å². The summed E-state index contributed by atoms with van der Waals surface area (Å²) in [5.74, 6) is -0.134. The zero-order valence-electron chi connectivity index (χ0n) is 15.6. The van der Waals surface area contributed by atoms with Crippen LogP contribution in [0.2, 0.25) is 0 Å². The summed E-state index contributed by atoms with van der Waals surface area (Å²) in [6, 6.07) is 0. The molecule has 146 valence electrons. The van der Waals surface area contributed by atoms with Gasteiger partial charge in [-0.25, -0.2) is 0 Å². The number of carbonyl (C=O) groups is 1. The molecule has 0 aromatic carbocycles. The van der Waals surface area contributed by atoms with Crippen molar-refractivity contribution >= 4 is 5.97 Å². The molecule has 0 unspecified atom stereocenters. The zero-order valence-corrected chi connectivity index (χ0v) is 15.6. The van der Waals surface area contributed by atoms with Crippen LogP contribution in [0.25, 0.3) is 0 Å². The van der Waals surface area contributed by atoms with Crippen molar-refractivity contribution in [1.82, 2.24) is 0 Å². The number of unbranched alkanes of at least 4 members (excludes halogenated alkanes) is 3. The molecule has 3 aliphatic heterocycles. The molecule has 0 aromatic rings. The normalized spacial score (nSPS) is 36.5. The largest absolute Gasteiger partial charge is 0.481 e. The number of hydrogen-bond donors (Lipinski definition) is 2. The van der Waals surface area contributed by atoms with E-state index in [0.29, 0.717) is 18.3 Å². The second-order valence-corrected chi connectivity index (χ2v) is 7.83. The molecule has 0 aliphatic carbocycles. The number of aliphatic hydroxyl groups is 1. The molecule has 7 atom stereocenters. The summed E-state index contributed by atoms with van der Waals surface area (Å²) in [7, 11) is 0. The summed E-state index contributed by atoms with van der Waals surface area (Å²) in [6.07, 6.45) is 15.2. The Labute approximate surface area is 156 Å². The van der Waals surface area contributed by atoms with Crippen molar-refractivity contribution in [2.75, 3.05) is 0 Å². The maximum absolute atomic E-state index is 10.6. The van der Waals surface area contributed by atoms with Crippen molar-refractivity contribution in [2.24, 2.45) is 11.8 Å². The number of aliphatic hydroxyl groups excluding tert-OH is 1. The molecule has 5 nitrogen and oxygen atoms in total. The molecule has 3 aliphatic rings. The molecular weight excluding hydrogens is 332 g/mol. The van der Waals surface area contributed by atoms with Gasteiger partial charge in [0.25, 0.3) is 0 Å². The van der Waals surface area contributed by atoms with E-state index in [0.717, 1.165) is 38.5 Å². The number of carboxylic acids is 1. The average molecular weight is 364 g/mol. The van der Waals surface area contributed by atoms with Crippen LogP contribution in [0.15, 0.2) is 24.3 Å². The van der Waals surface area contributed by atoms with E-state index in [4.69, 9.17) is 14.6 Å². The Hall–Kier alpha value is -1.17. The highest BCUT2D eigenvalue weighted by Crippen LogP contribution is 2.52. The van der Waals surface area contributed by atoms with Crippen molar-refractivity contribution in [1.29, 1.82) is 0 Å². The monoisotopic (exact) mass is 364 g/mol. The summed E-state index contributed by atoms with van der Waals surface area (Å²) < 4.78 is 12.3. The maximum Gasteiger partial charge on any atom is 0.303 e. The molecule has 3 saturated heterocycles. The Morgan fingerprint density at radius 1 is 1.19 bits per heavy atom. The first kappa shape index (κ1) is 19.6. The molecule has 3 rings (SSSR count). The summed E-state index contributed by atoms with van der Waals surface area (Å²) in [6.45, 7) is 2.17. The van der Waals surface area contributed by atoms with Crippen molar-refractivity contribution in [3.8, 4) is 0 Å². The van der Waals surface area contributed by atoms with E-state index in [-0.39, 0.29) is 36.9 Å². The van der Waals surface area contributed by atoms with Gasteiger partial charge in [-0.1, -0.05) is 50.5 Å². The van der Waals surface area contributed by atoms with E-state index in [9.17, 15) is 9.90 Å². The van der Waals surface area contributed by atoms with E-state index in [1.54, 1.807) is 0 Å². The van der Waals surface area contributed by atoms with E-state index < -0.39 is 5.97 Å². The van der Waals surface area contributed by atoms with Gasteiger partial charge in [0.1, 0.15) is 0 Å². The second-order valence-electron chi connectivity index (χ2n) is 7.83. The third-order valence-corrected chi connectivity index (χ3v) is 5.87. The Morgan fingerprint density at radius 2 is 2.04 bits per heavy atom. The Bertz CT molecular complexity index is 526. The predicted octanol–water partition coefficient (Wildman–Crippen LogP) is 3.47. The average Bonchev–Trinajstić information content (AvgIpc) is 3.21.